The third-order valence-electron chi connectivity index (χ3n) is 2.40. The molecule has 1 atom stereocenters. The Morgan fingerprint density at radius 1 is 1.56 bits per heavy atom. The summed E-state index contributed by atoms with van der Waals surface area (Å²) in [6.45, 7) is 2.28. The van der Waals surface area contributed by atoms with Gasteiger partial charge in [-0.1, -0.05) is 6.07 Å². The van der Waals surface area contributed by atoms with Crippen molar-refractivity contribution in [1.82, 2.24) is 0 Å². The molecule has 0 aliphatic rings. The van der Waals surface area contributed by atoms with Crippen molar-refractivity contribution in [3.63, 3.8) is 0 Å². The smallest absolute Gasteiger partial charge is 0.143 e. The Hall–Kier alpha value is -1.60. The third kappa shape index (κ3) is 2.94. The van der Waals surface area contributed by atoms with E-state index in [0.29, 0.717) is 18.7 Å². The van der Waals surface area contributed by atoms with Gasteiger partial charge < -0.3 is 10.0 Å². The largest absolute Gasteiger partial charge is 0.393 e. The molecule has 3 nitrogen and oxygen atoms in total. The molecule has 1 aromatic rings. The quantitative estimate of drug-likeness (QED) is 0.846. The Labute approximate surface area is 94.7 Å². The second kappa shape index (κ2) is 5.47. The van der Waals surface area contributed by atoms with Crippen LogP contribution in [-0.4, -0.2) is 24.8 Å². The number of benzene rings is 1. The Bertz CT molecular complexity index is 398. The van der Waals surface area contributed by atoms with Crippen LogP contribution in [0.4, 0.5) is 10.1 Å². The van der Waals surface area contributed by atoms with Crippen molar-refractivity contribution >= 4 is 5.69 Å². The van der Waals surface area contributed by atoms with Gasteiger partial charge in [0, 0.05) is 13.6 Å². The first kappa shape index (κ1) is 12.5. The number of nitriles is 1. The minimum absolute atomic E-state index is 0.0515. The molecule has 0 radical (unpaired) electrons. The third-order valence-corrected chi connectivity index (χ3v) is 2.40. The number of hydrogen-bond acceptors (Lipinski definition) is 3. The molecule has 1 aromatic carbocycles. The number of aliphatic hydroxyl groups excluding tert-OH is 1. The van der Waals surface area contributed by atoms with Crippen LogP contribution in [0.5, 0.6) is 0 Å². The van der Waals surface area contributed by atoms with Gasteiger partial charge in [0.05, 0.1) is 11.8 Å². The van der Waals surface area contributed by atoms with Crippen molar-refractivity contribution in [3.8, 4) is 6.07 Å². The van der Waals surface area contributed by atoms with Crippen molar-refractivity contribution in [2.24, 2.45) is 0 Å². The van der Waals surface area contributed by atoms with Crippen LogP contribution in [0.1, 0.15) is 18.9 Å². The number of hydrogen-bond donors (Lipinski definition) is 1. The van der Waals surface area contributed by atoms with E-state index in [0.717, 1.165) is 0 Å². The van der Waals surface area contributed by atoms with Crippen molar-refractivity contribution < 1.29 is 9.50 Å². The number of rotatable bonds is 4. The number of halogens is 1. The molecule has 86 valence electrons. The van der Waals surface area contributed by atoms with Crippen LogP contribution in [0.3, 0.4) is 0 Å². The summed E-state index contributed by atoms with van der Waals surface area (Å²) < 4.78 is 13.3. The van der Waals surface area contributed by atoms with Crippen molar-refractivity contribution in [2.45, 2.75) is 19.4 Å². The second-order valence-corrected chi connectivity index (χ2v) is 3.81. The van der Waals surface area contributed by atoms with E-state index in [-0.39, 0.29) is 5.56 Å². The number of aliphatic hydroxyl groups is 1. The first-order chi connectivity index (χ1) is 7.56. The average molecular weight is 222 g/mol. The van der Waals surface area contributed by atoms with Crippen LogP contribution in [0.15, 0.2) is 18.2 Å². The normalized spacial score (nSPS) is 11.9. The Morgan fingerprint density at radius 2 is 2.25 bits per heavy atom. The van der Waals surface area contributed by atoms with E-state index < -0.39 is 11.9 Å². The average Bonchev–Trinajstić information content (AvgIpc) is 2.25. The highest BCUT2D eigenvalue weighted by Crippen LogP contribution is 2.21. The molecule has 0 fully saturated rings. The monoisotopic (exact) mass is 222 g/mol. The van der Waals surface area contributed by atoms with Gasteiger partial charge in [0.15, 0.2) is 0 Å². The van der Waals surface area contributed by atoms with Crippen molar-refractivity contribution in [1.29, 1.82) is 5.26 Å². The molecule has 4 heteroatoms. The molecular formula is C12H15FN2O. The Morgan fingerprint density at radius 3 is 2.81 bits per heavy atom. The highest BCUT2D eigenvalue weighted by molar-refractivity contribution is 5.59. The van der Waals surface area contributed by atoms with Crippen molar-refractivity contribution in [2.75, 3.05) is 18.5 Å². The van der Waals surface area contributed by atoms with E-state index in [4.69, 9.17) is 10.4 Å². The zero-order chi connectivity index (χ0) is 12.1. The molecule has 1 unspecified atom stereocenters. The van der Waals surface area contributed by atoms with E-state index in [1.165, 1.54) is 6.07 Å². The zero-order valence-electron chi connectivity index (χ0n) is 9.44. The van der Waals surface area contributed by atoms with Gasteiger partial charge in [0.2, 0.25) is 0 Å². The van der Waals surface area contributed by atoms with Crippen LogP contribution in [0.2, 0.25) is 0 Å². The minimum Gasteiger partial charge on any atom is -0.393 e. The predicted octanol–water partition coefficient (Wildman–Crippen LogP) is 1.90. The molecule has 16 heavy (non-hydrogen) atoms. The SMILES string of the molecule is CC(O)CCN(C)c1cccc(F)c1C#N. The molecule has 1 rings (SSSR count). The molecule has 0 heterocycles. The minimum atomic E-state index is -0.510. The van der Waals surface area contributed by atoms with Crippen LogP contribution < -0.4 is 4.90 Å². The summed E-state index contributed by atoms with van der Waals surface area (Å²) in [5.74, 6) is -0.510. The summed E-state index contributed by atoms with van der Waals surface area (Å²) in [6.07, 6.45) is 0.180. The molecule has 0 aliphatic heterocycles. The maximum Gasteiger partial charge on any atom is 0.143 e. The van der Waals surface area contributed by atoms with Gasteiger partial charge in [-0.25, -0.2) is 4.39 Å². The van der Waals surface area contributed by atoms with Gasteiger partial charge in [-0.15, -0.1) is 0 Å². The summed E-state index contributed by atoms with van der Waals surface area (Å²) >= 11 is 0. The van der Waals surface area contributed by atoms with Gasteiger partial charge in [-0.05, 0) is 25.5 Å². The lowest BCUT2D eigenvalue weighted by Gasteiger charge is -2.21. The van der Waals surface area contributed by atoms with Gasteiger partial charge in [-0.2, -0.15) is 5.26 Å². The van der Waals surface area contributed by atoms with Gasteiger partial charge in [-0.3, -0.25) is 0 Å². The lowest BCUT2D eigenvalue weighted by Crippen LogP contribution is -2.22. The molecule has 0 amide bonds. The topological polar surface area (TPSA) is 47.3 Å². The molecule has 0 aliphatic carbocycles. The fourth-order valence-electron chi connectivity index (χ4n) is 1.44. The summed E-state index contributed by atoms with van der Waals surface area (Å²) in [6, 6.07) is 6.39. The first-order valence-corrected chi connectivity index (χ1v) is 5.14. The lowest BCUT2D eigenvalue weighted by molar-refractivity contribution is 0.187. The second-order valence-electron chi connectivity index (χ2n) is 3.81. The summed E-state index contributed by atoms with van der Waals surface area (Å²) in [5, 5.41) is 18.0. The lowest BCUT2D eigenvalue weighted by atomic mass is 10.1. The molecule has 0 saturated carbocycles. The number of anilines is 1. The predicted molar refractivity (Wildman–Crippen MR) is 60.7 cm³/mol. The molecule has 1 N–H and O–H groups in total. The van der Waals surface area contributed by atoms with E-state index in [9.17, 15) is 4.39 Å². The maximum absolute atomic E-state index is 13.3. The van der Waals surface area contributed by atoms with Gasteiger partial charge in [0.25, 0.3) is 0 Å². The summed E-state index contributed by atoms with van der Waals surface area (Å²) in [4.78, 5) is 1.77. The molecule has 0 bridgehead atoms. The molecule has 0 saturated heterocycles. The summed E-state index contributed by atoms with van der Waals surface area (Å²) in [7, 11) is 1.78. The first-order valence-electron chi connectivity index (χ1n) is 5.14. The summed E-state index contributed by atoms with van der Waals surface area (Å²) in [5.41, 5.74) is 0.610. The Balaban J connectivity index is 2.87. The van der Waals surface area contributed by atoms with E-state index in [1.807, 2.05) is 6.07 Å². The molecule has 0 spiro atoms. The fourth-order valence-corrected chi connectivity index (χ4v) is 1.44. The number of nitrogens with zero attached hydrogens (tertiary/aromatic N) is 2. The van der Waals surface area contributed by atoms with E-state index in [2.05, 4.69) is 0 Å². The van der Waals surface area contributed by atoms with Crippen LogP contribution in [0.25, 0.3) is 0 Å². The van der Waals surface area contributed by atoms with Crippen LogP contribution in [0, 0.1) is 17.1 Å². The van der Waals surface area contributed by atoms with E-state index in [1.54, 1.807) is 31.0 Å². The standard InChI is InChI=1S/C12H15FN2O/c1-9(16)6-7-15(2)12-5-3-4-11(13)10(12)8-14/h3-5,9,16H,6-7H2,1-2H3. The van der Waals surface area contributed by atoms with Crippen LogP contribution >= 0.6 is 0 Å². The fraction of sp³-hybridized carbons (Fsp3) is 0.417. The highest BCUT2D eigenvalue weighted by Gasteiger charge is 2.11. The van der Waals surface area contributed by atoms with Gasteiger partial charge in [0.1, 0.15) is 17.4 Å². The Kier molecular flexibility index (Phi) is 4.27. The van der Waals surface area contributed by atoms with Crippen molar-refractivity contribution in [3.05, 3.63) is 29.6 Å². The molecule has 0 aromatic heterocycles. The zero-order valence-corrected chi connectivity index (χ0v) is 9.44. The molecular weight excluding hydrogens is 207 g/mol. The van der Waals surface area contributed by atoms with Crippen LogP contribution in [-0.2, 0) is 0 Å². The van der Waals surface area contributed by atoms with Gasteiger partial charge >= 0.3 is 0 Å². The van der Waals surface area contributed by atoms with E-state index >= 15 is 0 Å². The highest BCUT2D eigenvalue weighted by atomic mass is 19.1. The maximum atomic E-state index is 13.3.